The highest BCUT2D eigenvalue weighted by atomic mass is 16.6. The minimum absolute atomic E-state index is 0.472. The van der Waals surface area contributed by atoms with Crippen molar-refractivity contribution >= 4 is 23.2 Å². The number of carbonyl (C=O) groups excluding carboxylic acids is 1. The SMILES string of the molecule is CC(C)(C)OC(=O)Nc1c(N)cccc1-c1ccc(N)cc1. The fourth-order valence-electron chi connectivity index (χ4n) is 2.02. The summed E-state index contributed by atoms with van der Waals surface area (Å²) in [7, 11) is 0. The van der Waals surface area contributed by atoms with Gasteiger partial charge in [-0.2, -0.15) is 0 Å². The number of nitrogen functional groups attached to an aromatic ring is 2. The van der Waals surface area contributed by atoms with E-state index in [2.05, 4.69) is 5.32 Å². The molecule has 0 heterocycles. The van der Waals surface area contributed by atoms with Gasteiger partial charge in [-0.05, 0) is 44.5 Å². The zero-order valence-electron chi connectivity index (χ0n) is 13.0. The Bertz CT molecular complexity index is 673. The number of anilines is 3. The van der Waals surface area contributed by atoms with Crippen molar-refractivity contribution in [3.63, 3.8) is 0 Å². The predicted octanol–water partition coefficient (Wildman–Crippen LogP) is 3.87. The summed E-state index contributed by atoms with van der Waals surface area (Å²) < 4.78 is 5.28. The first-order chi connectivity index (χ1) is 10.3. The van der Waals surface area contributed by atoms with Crippen LogP contribution in [0.25, 0.3) is 11.1 Å². The largest absolute Gasteiger partial charge is 0.444 e. The number of amides is 1. The van der Waals surface area contributed by atoms with Crippen LogP contribution < -0.4 is 16.8 Å². The molecular weight excluding hydrogens is 278 g/mol. The molecule has 0 aromatic heterocycles. The normalized spacial score (nSPS) is 11.0. The van der Waals surface area contributed by atoms with Crippen LogP contribution in [0.4, 0.5) is 21.9 Å². The average molecular weight is 299 g/mol. The highest BCUT2D eigenvalue weighted by Crippen LogP contribution is 2.33. The lowest BCUT2D eigenvalue weighted by Crippen LogP contribution is -2.27. The Morgan fingerprint density at radius 2 is 1.68 bits per heavy atom. The van der Waals surface area contributed by atoms with Crippen molar-refractivity contribution in [2.75, 3.05) is 16.8 Å². The molecule has 5 nitrogen and oxygen atoms in total. The van der Waals surface area contributed by atoms with Crippen molar-refractivity contribution in [3.8, 4) is 11.1 Å². The van der Waals surface area contributed by atoms with Crippen LogP contribution >= 0.6 is 0 Å². The zero-order valence-corrected chi connectivity index (χ0v) is 13.0. The smallest absolute Gasteiger partial charge is 0.412 e. The molecule has 22 heavy (non-hydrogen) atoms. The summed E-state index contributed by atoms with van der Waals surface area (Å²) >= 11 is 0. The fraction of sp³-hybridized carbons (Fsp3) is 0.235. The Morgan fingerprint density at radius 3 is 2.27 bits per heavy atom. The molecular formula is C17H21N3O2. The highest BCUT2D eigenvalue weighted by molar-refractivity contribution is 5.97. The Balaban J connectivity index is 2.35. The fourth-order valence-corrected chi connectivity index (χ4v) is 2.02. The van der Waals surface area contributed by atoms with E-state index in [1.807, 2.05) is 45.0 Å². The van der Waals surface area contributed by atoms with Crippen LogP contribution in [0.5, 0.6) is 0 Å². The van der Waals surface area contributed by atoms with Gasteiger partial charge >= 0.3 is 6.09 Å². The minimum Gasteiger partial charge on any atom is -0.444 e. The zero-order chi connectivity index (χ0) is 16.3. The molecule has 2 aromatic carbocycles. The third kappa shape index (κ3) is 3.91. The molecule has 2 rings (SSSR count). The van der Waals surface area contributed by atoms with Crippen molar-refractivity contribution in [1.29, 1.82) is 0 Å². The molecule has 0 saturated heterocycles. The van der Waals surface area contributed by atoms with Gasteiger partial charge in [-0.25, -0.2) is 4.79 Å². The second-order valence-corrected chi connectivity index (χ2v) is 6.02. The van der Waals surface area contributed by atoms with E-state index in [9.17, 15) is 4.79 Å². The van der Waals surface area contributed by atoms with Crippen LogP contribution in [0.1, 0.15) is 20.8 Å². The van der Waals surface area contributed by atoms with Crippen LogP contribution in [-0.4, -0.2) is 11.7 Å². The molecule has 0 radical (unpaired) electrons. The van der Waals surface area contributed by atoms with Gasteiger partial charge in [0.05, 0.1) is 11.4 Å². The van der Waals surface area contributed by atoms with Crippen molar-refractivity contribution < 1.29 is 9.53 Å². The molecule has 0 bridgehead atoms. The van der Waals surface area contributed by atoms with E-state index >= 15 is 0 Å². The van der Waals surface area contributed by atoms with Crippen molar-refractivity contribution in [2.24, 2.45) is 0 Å². The number of nitrogens with one attached hydrogen (secondary N) is 1. The van der Waals surface area contributed by atoms with E-state index < -0.39 is 11.7 Å². The number of hydrogen-bond acceptors (Lipinski definition) is 4. The topological polar surface area (TPSA) is 90.4 Å². The van der Waals surface area contributed by atoms with Gasteiger partial charge in [0.1, 0.15) is 5.60 Å². The molecule has 5 heteroatoms. The summed E-state index contributed by atoms with van der Waals surface area (Å²) in [6.07, 6.45) is -0.540. The van der Waals surface area contributed by atoms with E-state index in [1.54, 1.807) is 18.2 Å². The molecule has 0 aliphatic carbocycles. The van der Waals surface area contributed by atoms with Crippen LogP contribution in [-0.2, 0) is 4.74 Å². The maximum absolute atomic E-state index is 12.0. The first-order valence-electron chi connectivity index (χ1n) is 7.01. The molecule has 0 atom stereocenters. The average Bonchev–Trinajstić information content (AvgIpc) is 2.40. The number of carbonyl (C=O) groups is 1. The number of rotatable bonds is 2. The molecule has 0 fully saturated rings. The van der Waals surface area contributed by atoms with Crippen molar-refractivity contribution in [3.05, 3.63) is 42.5 Å². The van der Waals surface area contributed by atoms with Crippen molar-refractivity contribution in [1.82, 2.24) is 0 Å². The van der Waals surface area contributed by atoms with Crippen LogP contribution in [0.2, 0.25) is 0 Å². The summed E-state index contributed by atoms with van der Waals surface area (Å²) in [5.41, 5.74) is 14.5. The minimum atomic E-state index is -0.574. The third-order valence-corrected chi connectivity index (χ3v) is 2.94. The Hall–Kier alpha value is -2.69. The number of nitrogens with two attached hydrogens (primary N) is 2. The standard InChI is InChI=1S/C17H21N3O2/c1-17(2,3)22-16(21)20-15-13(5-4-6-14(15)19)11-7-9-12(18)10-8-11/h4-10H,18-19H2,1-3H3,(H,20,21). The second kappa shape index (κ2) is 5.97. The van der Waals surface area contributed by atoms with Gasteiger partial charge < -0.3 is 16.2 Å². The second-order valence-electron chi connectivity index (χ2n) is 6.02. The summed E-state index contributed by atoms with van der Waals surface area (Å²) in [5.74, 6) is 0. The number of ether oxygens (including phenoxy) is 1. The van der Waals surface area contributed by atoms with Gasteiger partial charge in [-0.3, -0.25) is 5.32 Å². The molecule has 0 unspecified atom stereocenters. The predicted molar refractivity (Wildman–Crippen MR) is 90.6 cm³/mol. The summed E-state index contributed by atoms with van der Waals surface area (Å²) in [4.78, 5) is 12.0. The quantitative estimate of drug-likeness (QED) is 0.734. The van der Waals surface area contributed by atoms with Crippen LogP contribution in [0, 0.1) is 0 Å². The maximum atomic E-state index is 12.0. The third-order valence-electron chi connectivity index (χ3n) is 2.94. The van der Waals surface area contributed by atoms with E-state index in [4.69, 9.17) is 16.2 Å². The van der Waals surface area contributed by atoms with E-state index in [-0.39, 0.29) is 0 Å². The maximum Gasteiger partial charge on any atom is 0.412 e. The number of para-hydroxylation sites is 1. The summed E-state index contributed by atoms with van der Waals surface area (Å²) in [5, 5.41) is 2.73. The number of hydrogen-bond donors (Lipinski definition) is 3. The first kappa shape index (κ1) is 15.7. The van der Waals surface area contributed by atoms with Gasteiger partial charge in [-0.15, -0.1) is 0 Å². The molecule has 0 aliphatic heterocycles. The van der Waals surface area contributed by atoms with E-state index in [0.29, 0.717) is 17.1 Å². The molecule has 0 saturated carbocycles. The summed E-state index contributed by atoms with van der Waals surface area (Å²) in [6.45, 7) is 5.42. The molecule has 1 amide bonds. The Kier molecular flexibility index (Phi) is 4.26. The van der Waals surface area contributed by atoms with Gasteiger partial charge in [0, 0.05) is 11.3 Å². The molecule has 0 aliphatic rings. The van der Waals surface area contributed by atoms with E-state index in [1.165, 1.54) is 0 Å². The van der Waals surface area contributed by atoms with Gasteiger partial charge in [-0.1, -0.05) is 24.3 Å². The Labute approximate surface area is 130 Å². The molecule has 2 aromatic rings. The van der Waals surface area contributed by atoms with Gasteiger partial charge in [0.25, 0.3) is 0 Å². The van der Waals surface area contributed by atoms with Gasteiger partial charge in [0.15, 0.2) is 0 Å². The van der Waals surface area contributed by atoms with Crippen LogP contribution in [0.3, 0.4) is 0 Å². The lowest BCUT2D eigenvalue weighted by molar-refractivity contribution is 0.0636. The summed E-state index contributed by atoms with van der Waals surface area (Å²) in [6, 6.07) is 12.8. The van der Waals surface area contributed by atoms with Gasteiger partial charge in [0.2, 0.25) is 0 Å². The molecule has 0 spiro atoms. The Morgan fingerprint density at radius 1 is 1.05 bits per heavy atom. The number of benzene rings is 2. The lowest BCUT2D eigenvalue weighted by Gasteiger charge is -2.21. The molecule has 116 valence electrons. The van der Waals surface area contributed by atoms with Crippen molar-refractivity contribution in [2.45, 2.75) is 26.4 Å². The highest BCUT2D eigenvalue weighted by Gasteiger charge is 2.18. The lowest BCUT2D eigenvalue weighted by atomic mass is 10.0. The molecule has 5 N–H and O–H groups in total. The monoisotopic (exact) mass is 299 g/mol. The first-order valence-corrected chi connectivity index (χ1v) is 7.01. The van der Waals surface area contributed by atoms with E-state index in [0.717, 1.165) is 11.1 Å². The van der Waals surface area contributed by atoms with Crippen LogP contribution in [0.15, 0.2) is 42.5 Å².